The first-order valence-corrected chi connectivity index (χ1v) is 5.18. The van der Waals surface area contributed by atoms with Crippen molar-refractivity contribution in [3.8, 4) is 0 Å². The van der Waals surface area contributed by atoms with Crippen LogP contribution in [-0.4, -0.2) is 11.6 Å². The molecule has 1 unspecified atom stereocenters. The van der Waals surface area contributed by atoms with Crippen molar-refractivity contribution in [2.45, 2.75) is 59.5 Å². The molecule has 0 aliphatic rings. The van der Waals surface area contributed by atoms with E-state index in [0.29, 0.717) is 5.92 Å². The average Bonchev–Trinajstić information content (AvgIpc) is 2.02. The molecule has 0 aliphatic heterocycles. The molecule has 0 spiro atoms. The number of esters is 1. The Morgan fingerprint density at radius 2 is 1.92 bits per heavy atom. The first-order valence-electron chi connectivity index (χ1n) is 5.18. The molecule has 0 rings (SSSR count). The number of carbonyl (C=O) groups excluding carboxylic acids is 1. The first kappa shape index (κ1) is 12.5. The van der Waals surface area contributed by atoms with Crippen LogP contribution in [0.1, 0.15) is 53.9 Å². The molecule has 0 radical (unpaired) electrons. The van der Waals surface area contributed by atoms with Gasteiger partial charge in [-0.05, 0) is 18.8 Å². The third-order valence-corrected chi connectivity index (χ3v) is 2.67. The van der Waals surface area contributed by atoms with Crippen LogP contribution in [0, 0.1) is 5.92 Å². The van der Waals surface area contributed by atoms with Crippen molar-refractivity contribution in [3.63, 3.8) is 0 Å². The van der Waals surface area contributed by atoms with Gasteiger partial charge in [0.25, 0.3) is 0 Å². The van der Waals surface area contributed by atoms with Gasteiger partial charge in [0.05, 0.1) is 0 Å². The predicted molar refractivity (Wildman–Crippen MR) is 54.5 cm³/mol. The lowest BCUT2D eigenvalue weighted by molar-refractivity contribution is -0.164. The zero-order valence-electron chi connectivity index (χ0n) is 9.52. The van der Waals surface area contributed by atoms with E-state index >= 15 is 0 Å². The zero-order valence-corrected chi connectivity index (χ0v) is 9.52. The Morgan fingerprint density at radius 3 is 2.15 bits per heavy atom. The van der Waals surface area contributed by atoms with Crippen LogP contribution in [0.4, 0.5) is 0 Å². The summed E-state index contributed by atoms with van der Waals surface area (Å²) in [5, 5.41) is 0. The molecule has 0 amide bonds. The van der Waals surface area contributed by atoms with Gasteiger partial charge in [-0.2, -0.15) is 0 Å². The molecular formula is C11H22O2. The first-order chi connectivity index (χ1) is 5.98. The maximum absolute atomic E-state index is 11.0. The van der Waals surface area contributed by atoms with E-state index in [9.17, 15) is 4.79 Å². The monoisotopic (exact) mass is 186 g/mol. The van der Waals surface area contributed by atoms with Gasteiger partial charge in [0.15, 0.2) is 0 Å². The van der Waals surface area contributed by atoms with Crippen LogP contribution >= 0.6 is 0 Å². The molecule has 1 atom stereocenters. The number of carbonyl (C=O) groups is 1. The molecule has 0 fully saturated rings. The smallest absolute Gasteiger partial charge is 0.303 e. The van der Waals surface area contributed by atoms with Gasteiger partial charge in [-0.25, -0.2) is 0 Å². The summed E-state index contributed by atoms with van der Waals surface area (Å²) in [6.45, 7) is 9.92. The second-order valence-corrected chi connectivity index (χ2v) is 3.92. The van der Waals surface area contributed by atoms with E-state index < -0.39 is 0 Å². The summed E-state index contributed by atoms with van der Waals surface area (Å²) in [7, 11) is 0. The summed E-state index contributed by atoms with van der Waals surface area (Å²) in [6, 6.07) is 0. The fourth-order valence-corrected chi connectivity index (χ4v) is 1.82. The van der Waals surface area contributed by atoms with Crippen LogP contribution < -0.4 is 0 Å². The van der Waals surface area contributed by atoms with Gasteiger partial charge in [-0.1, -0.05) is 34.1 Å². The number of ether oxygens (including phenoxy) is 1. The molecule has 78 valence electrons. The number of hydrogen-bond acceptors (Lipinski definition) is 2. The molecule has 0 heterocycles. The Hall–Kier alpha value is -0.530. The molecule has 0 N–H and O–H groups in total. The second kappa shape index (κ2) is 5.25. The van der Waals surface area contributed by atoms with Crippen molar-refractivity contribution in [2.24, 2.45) is 5.92 Å². The summed E-state index contributed by atoms with van der Waals surface area (Å²) in [4.78, 5) is 11.0. The predicted octanol–water partition coefficient (Wildman–Crippen LogP) is 3.15. The topological polar surface area (TPSA) is 26.3 Å². The Labute approximate surface area is 81.7 Å². The van der Waals surface area contributed by atoms with Gasteiger partial charge < -0.3 is 4.74 Å². The summed E-state index contributed by atoms with van der Waals surface area (Å²) >= 11 is 0. The van der Waals surface area contributed by atoms with Crippen LogP contribution in [0.3, 0.4) is 0 Å². The van der Waals surface area contributed by atoms with Crippen molar-refractivity contribution in [3.05, 3.63) is 0 Å². The van der Waals surface area contributed by atoms with Crippen LogP contribution in [0.25, 0.3) is 0 Å². The molecular weight excluding hydrogens is 164 g/mol. The summed E-state index contributed by atoms with van der Waals surface area (Å²) in [5.41, 5.74) is -0.236. The fraction of sp³-hybridized carbons (Fsp3) is 0.909. The van der Waals surface area contributed by atoms with Gasteiger partial charge in [0.1, 0.15) is 5.60 Å². The molecule has 2 heteroatoms. The van der Waals surface area contributed by atoms with Crippen molar-refractivity contribution in [1.82, 2.24) is 0 Å². The van der Waals surface area contributed by atoms with Crippen LogP contribution in [0.15, 0.2) is 0 Å². The molecule has 0 aromatic rings. The van der Waals surface area contributed by atoms with E-state index in [-0.39, 0.29) is 11.6 Å². The highest BCUT2D eigenvalue weighted by molar-refractivity contribution is 5.66. The molecule has 0 saturated carbocycles. The Bertz CT molecular complexity index is 163. The van der Waals surface area contributed by atoms with Crippen molar-refractivity contribution in [2.75, 3.05) is 0 Å². The zero-order chi connectivity index (χ0) is 10.5. The molecule has 0 aromatic heterocycles. The van der Waals surface area contributed by atoms with Gasteiger partial charge >= 0.3 is 5.97 Å². The lowest BCUT2D eigenvalue weighted by Gasteiger charge is -2.35. The minimum absolute atomic E-state index is 0.163. The molecule has 0 saturated heterocycles. The quantitative estimate of drug-likeness (QED) is 0.616. The van der Waals surface area contributed by atoms with Crippen LogP contribution in [0.5, 0.6) is 0 Å². The maximum atomic E-state index is 11.0. The van der Waals surface area contributed by atoms with E-state index in [2.05, 4.69) is 27.7 Å². The molecule has 2 nitrogen and oxygen atoms in total. The Morgan fingerprint density at radius 1 is 1.38 bits per heavy atom. The van der Waals surface area contributed by atoms with Gasteiger partial charge in [-0.15, -0.1) is 0 Å². The number of rotatable bonds is 5. The highest BCUT2D eigenvalue weighted by Gasteiger charge is 2.33. The lowest BCUT2D eigenvalue weighted by Crippen LogP contribution is -2.39. The summed E-state index contributed by atoms with van der Waals surface area (Å²) < 4.78 is 5.45. The minimum Gasteiger partial charge on any atom is -0.459 e. The Balaban J connectivity index is 4.53. The largest absolute Gasteiger partial charge is 0.459 e. The average molecular weight is 186 g/mol. The molecule has 0 aliphatic carbocycles. The maximum Gasteiger partial charge on any atom is 0.303 e. The highest BCUT2D eigenvalue weighted by atomic mass is 16.6. The lowest BCUT2D eigenvalue weighted by atomic mass is 9.83. The van der Waals surface area contributed by atoms with Crippen LogP contribution in [-0.2, 0) is 9.53 Å². The van der Waals surface area contributed by atoms with Crippen molar-refractivity contribution < 1.29 is 9.53 Å². The van der Waals surface area contributed by atoms with E-state index in [4.69, 9.17) is 4.74 Å². The van der Waals surface area contributed by atoms with E-state index in [1.807, 2.05) is 0 Å². The minimum atomic E-state index is -0.236. The summed E-state index contributed by atoms with van der Waals surface area (Å²) in [5.74, 6) is 0.227. The summed E-state index contributed by atoms with van der Waals surface area (Å²) in [6.07, 6.45) is 2.91. The van der Waals surface area contributed by atoms with Gasteiger partial charge in [0, 0.05) is 6.92 Å². The third kappa shape index (κ3) is 3.37. The SMILES string of the molecule is CCCC(CC)(OC(C)=O)C(C)C. The second-order valence-electron chi connectivity index (χ2n) is 3.92. The highest BCUT2D eigenvalue weighted by Crippen LogP contribution is 2.30. The van der Waals surface area contributed by atoms with E-state index in [1.165, 1.54) is 6.92 Å². The third-order valence-electron chi connectivity index (χ3n) is 2.67. The number of hydrogen-bond donors (Lipinski definition) is 0. The molecule has 0 bridgehead atoms. The Kier molecular flexibility index (Phi) is 5.04. The van der Waals surface area contributed by atoms with Gasteiger partial charge in [0.2, 0.25) is 0 Å². The van der Waals surface area contributed by atoms with Crippen molar-refractivity contribution >= 4 is 5.97 Å². The normalized spacial score (nSPS) is 15.5. The van der Waals surface area contributed by atoms with Crippen LogP contribution in [0.2, 0.25) is 0 Å². The molecule has 0 aromatic carbocycles. The van der Waals surface area contributed by atoms with Crippen molar-refractivity contribution in [1.29, 1.82) is 0 Å². The van der Waals surface area contributed by atoms with E-state index in [0.717, 1.165) is 19.3 Å². The van der Waals surface area contributed by atoms with E-state index in [1.54, 1.807) is 0 Å². The standard InChI is InChI=1S/C11H22O2/c1-6-8-11(7-2,9(3)4)13-10(5)12/h9H,6-8H2,1-5H3. The fourth-order valence-electron chi connectivity index (χ4n) is 1.82. The molecule has 13 heavy (non-hydrogen) atoms. The van der Waals surface area contributed by atoms with Gasteiger partial charge in [-0.3, -0.25) is 4.79 Å².